The molecule has 1 aromatic rings. The monoisotopic (exact) mass is 253 g/mol. The van der Waals surface area contributed by atoms with E-state index in [1.807, 2.05) is 0 Å². The second kappa shape index (κ2) is 6.65. The van der Waals surface area contributed by atoms with E-state index < -0.39 is 0 Å². The van der Waals surface area contributed by atoms with Gasteiger partial charge in [0.25, 0.3) is 0 Å². The van der Waals surface area contributed by atoms with Crippen LogP contribution in [0, 0.1) is 20.8 Å². The quantitative estimate of drug-likeness (QED) is 0.804. The second-order valence-corrected chi connectivity index (χ2v) is 4.79. The normalized spacial score (nSPS) is 10.4. The summed E-state index contributed by atoms with van der Waals surface area (Å²) in [6.45, 7) is 7.03. The number of benzene rings is 1. The largest absolute Gasteiger partial charge is 0.356 e. The van der Waals surface area contributed by atoms with Crippen LogP contribution in [-0.2, 0) is 11.2 Å². The number of aryl methyl sites for hydroxylation is 3. The van der Waals surface area contributed by atoms with Crippen LogP contribution in [0.4, 0.5) is 0 Å². The summed E-state index contributed by atoms with van der Waals surface area (Å²) in [4.78, 5) is 11.3. The molecule has 0 saturated carbocycles. The average Bonchev–Trinajstić information content (AvgIpc) is 2.22. The van der Waals surface area contributed by atoms with Crippen molar-refractivity contribution < 1.29 is 4.79 Å². The standard InChI is InChI=1S/C14H20ClNO/c1-10-8-11(2)13(12(3)9-10)5-7-16-14(17)4-6-15/h8-9H,4-7H2,1-3H3,(H,16,17). The maximum atomic E-state index is 11.3. The summed E-state index contributed by atoms with van der Waals surface area (Å²) in [7, 11) is 0. The third kappa shape index (κ3) is 4.39. The van der Waals surface area contributed by atoms with Gasteiger partial charge in [0.2, 0.25) is 5.91 Å². The van der Waals surface area contributed by atoms with E-state index in [2.05, 4.69) is 38.2 Å². The first-order valence-corrected chi connectivity index (χ1v) is 6.47. The SMILES string of the molecule is Cc1cc(C)c(CCNC(=O)CCCl)c(C)c1. The molecule has 0 atom stereocenters. The number of amides is 1. The van der Waals surface area contributed by atoms with Crippen LogP contribution >= 0.6 is 11.6 Å². The van der Waals surface area contributed by atoms with Crippen LogP contribution in [0.3, 0.4) is 0 Å². The molecule has 94 valence electrons. The fraction of sp³-hybridized carbons (Fsp3) is 0.500. The van der Waals surface area contributed by atoms with Crippen LogP contribution in [-0.4, -0.2) is 18.3 Å². The van der Waals surface area contributed by atoms with Crippen LogP contribution in [0.15, 0.2) is 12.1 Å². The highest BCUT2D eigenvalue weighted by atomic mass is 35.5. The van der Waals surface area contributed by atoms with Gasteiger partial charge >= 0.3 is 0 Å². The number of alkyl halides is 1. The number of nitrogens with one attached hydrogen (secondary N) is 1. The van der Waals surface area contributed by atoms with E-state index in [0.29, 0.717) is 18.8 Å². The first-order valence-electron chi connectivity index (χ1n) is 5.94. The van der Waals surface area contributed by atoms with Crippen molar-refractivity contribution in [3.8, 4) is 0 Å². The average molecular weight is 254 g/mol. The van der Waals surface area contributed by atoms with E-state index in [1.165, 1.54) is 22.3 Å². The van der Waals surface area contributed by atoms with Crippen molar-refractivity contribution in [1.82, 2.24) is 5.32 Å². The Morgan fingerprint density at radius 3 is 2.35 bits per heavy atom. The number of halogens is 1. The molecule has 17 heavy (non-hydrogen) atoms. The minimum absolute atomic E-state index is 0.0300. The summed E-state index contributed by atoms with van der Waals surface area (Å²) >= 11 is 5.50. The van der Waals surface area contributed by atoms with Crippen molar-refractivity contribution in [2.24, 2.45) is 0 Å². The number of hydrogen-bond acceptors (Lipinski definition) is 1. The summed E-state index contributed by atoms with van der Waals surface area (Å²) in [5, 5.41) is 2.88. The van der Waals surface area contributed by atoms with Gasteiger partial charge < -0.3 is 5.32 Å². The van der Waals surface area contributed by atoms with Gasteiger partial charge in [-0.25, -0.2) is 0 Å². The molecule has 0 aromatic heterocycles. The van der Waals surface area contributed by atoms with E-state index in [-0.39, 0.29) is 5.91 Å². The van der Waals surface area contributed by atoms with Gasteiger partial charge in [0.05, 0.1) is 0 Å². The first-order chi connectivity index (χ1) is 8.04. The first kappa shape index (κ1) is 14.0. The van der Waals surface area contributed by atoms with Gasteiger partial charge in [0.1, 0.15) is 0 Å². The van der Waals surface area contributed by atoms with Gasteiger partial charge in [-0.1, -0.05) is 17.7 Å². The molecule has 1 N–H and O–H groups in total. The zero-order valence-electron chi connectivity index (χ0n) is 10.8. The molecular weight excluding hydrogens is 234 g/mol. The molecule has 0 heterocycles. The molecular formula is C14H20ClNO. The maximum absolute atomic E-state index is 11.3. The van der Waals surface area contributed by atoms with Crippen molar-refractivity contribution in [2.45, 2.75) is 33.6 Å². The number of carbonyl (C=O) groups is 1. The van der Waals surface area contributed by atoms with E-state index in [4.69, 9.17) is 11.6 Å². The fourth-order valence-corrected chi connectivity index (χ4v) is 2.28. The Bertz CT molecular complexity index is 378. The zero-order chi connectivity index (χ0) is 12.8. The fourth-order valence-electron chi connectivity index (χ4n) is 2.11. The van der Waals surface area contributed by atoms with Crippen molar-refractivity contribution >= 4 is 17.5 Å². The molecule has 2 nitrogen and oxygen atoms in total. The van der Waals surface area contributed by atoms with Crippen LogP contribution in [0.25, 0.3) is 0 Å². The Hall–Kier alpha value is -1.02. The van der Waals surface area contributed by atoms with Gasteiger partial charge in [0, 0.05) is 18.8 Å². The van der Waals surface area contributed by atoms with Crippen molar-refractivity contribution in [1.29, 1.82) is 0 Å². The molecule has 0 spiro atoms. The van der Waals surface area contributed by atoms with Crippen molar-refractivity contribution in [3.63, 3.8) is 0 Å². The minimum Gasteiger partial charge on any atom is -0.356 e. The summed E-state index contributed by atoms with van der Waals surface area (Å²) < 4.78 is 0. The van der Waals surface area contributed by atoms with Crippen LogP contribution < -0.4 is 5.32 Å². The molecule has 0 aliphatic heterocycles. The lowest BCUT2D eigenvalue weighted by molar-refractivity contribution is -0.120. The van der Waals surface area contributed by atoms with Crippen molar-refractivity contribution in [2.75, 3.05) is 12.4 Å². The third-order valence-corrected chi connectivity index (χ3v) is 3.05. The topological polar surface area (TPSA) is 29.1 Å². The summed E-state index contributed by atoms with van der Waals surface area (Å²) in [6.07, 6.45) is 1.28. The summed E-state index contributed by atoms with van der Waals surface area (Å²) in [6, 6.07) is 4.37. The lowest BCUT2D eigenvalue weighted by Gasteiger charge is -2.11. The van der Waals surface area contributed by atoms with Gasteiger partial charge in [-0.2, -0.15) is 0 Å². The van der Waals surface area contributed by atoms with E-state index >= 15 is 0 Å². The van der Waals surface area contributed by atoms with Crippen molar-refractivity contribution in [3.05, 3.63) is 34.4 Å². The smallest absolute Gasteiger partial charge is 0.221 e. The van der Waals surface area contributed by atoms with E-state index in [0.717, 1.165) is 6.42 Å². The minimum atomic E-state index is 0.0300. The molecule has 1 aromatic carbocycles. The van der Waals surface area contributed by atoms with Gasteiger partial charge in [-0.3, -0.25) is 4.79 Å². The molecule has 0 bridgehead atoms. The zero-order valence-corrected chi connectivity index (χ0v) is 11.5. The molecule has 0 radical (unpaired) electrons. The Balaban J connectivity index is 2.55. The highest BCUT2D eigenvalue weighted by Crippen LogP contribution is 2.16. The molecule has 0 aliphatic rings. The lowest BCUT2D eigenvalue weighted by Crippen LogP contribution is -2.26. The molecule has 1 rings (SSSR count). The van der Waals surface area contributed by atoms with Crippen LogP contribution in [0.5, 0.6) is 0 Å². The predicted molar refractivity (Wildman–Crippen MR) is 72.7 cm³/mol. The number of hydrogen-bond donors (Lipinski definition) is 1. The highest BCUT2D eigenvalue weighted by molar-refractivity contribution is 6.18. The maximum Gasteiger partial charge on any atom is 0.221 e. The number of carbonyl (C=O) groups excluding carboxylic acids is 1. The predicted octanol–water partition coefficient (Wildman–Crippen LogP) is 2.90. The Morgan fingerprint density at radius 2 is 1.82 bits per heavy atom. The van der Waals surface area contributed by atoms with Gasteiger partial charge in [0.15, 0.2) is 0 Å². The summed E-state index contributed by atoms with van der Waals surface area (Å²) in [5.74, 6) is 0.413. The molecule has 0 unspecified atom stereocenters. The van der Waals surface area contributed by atoms with Gasteiger partial charge in [-0.05, 0) is 43.9 Å². The van der Waals surface area contributed by atoms with E-state index in [1.54, 1.807) is 0 Å². The Labute approximate surface area is 108 Å². The molecule has 1 amide bonds. The van der Waals surface area contributed by atoms with Gasteiger partial charge in [-0.15, -0.1) is 11.6 Å². The molecule has 0 fully saturated rings. The highest BCUT2D eigenvalue weighted by Gasteiger charge is 2.05. The lowest BCUT2D eigenvalue weighted by atomic mass is 9.97. The molecule has 3 heteroatoms. The molecule has 0 saturated heterocycles. The Morgan fingerprint density at radius 1 is 1.24 bits per heavy atom. The van der Waals surface area contributed by atoms with E-state index in [9.17, 15) is 4.79 Å². The second-order valence-electron chi connectivity index (χ2n) is 4.42. The Kier molecular flexibility index (Phi) is 5.49. The number of rotatable bonds is 5. The van der Waals surface area contributed by atoms with Crippen LogP contribution in [0.1, 0.15) is 28.7 Å². The molecule has 0 aliphatic carbocycles. The summed E-state index contributed by atoms with van der Waals surface area (Å²) in [5.41, 5.74) is 5.22. The van der Waals surface area contributed by atoms with Crippen LogP contribution in [0.2, 0.25) is 0 Å². The third-order valence-electron chi connectivity index (χ3n) is 2.86.